The Morgan fingerprint density at radius 2 is 1.67 bits per heavy atom. The number of hydrogen-bond donors (Lipinski definition) is 3. The SMILES string of the molecule is CCCC/C=C/C(=O)NCC[N+](CCO)(CCC(C)C(=O)[O-])CCC(C)C(=O)O.[K+]. The van der Waals surface area contributed by atoms with Gasteiger partial charge < -0.3 is 29.9 Å². The molecule has 0 aromatic carbocycles. The van der Waals surface area contributed by atoms with Crippen LogP contribution in [0.2, 0.25) is 0 Å². The van der Waals surface area contributed by atoms with Crippen LogP contribution in [0.4, 0.5) is 0 Å². The van der Waals surface area contributed by atoms with Gasteiger partial charge in [0, 0.05) is 24.7 Å². The molecular weight excluding hydrogens is 415 g/mol. The molecule has 0 radical (unpaired) electrons. The summed E-state index contributed by atoms with van der Waals surface area (Å²) in [6, 6.07) is 0. The Bertz CT molecular complexity index is 518. The summed E-state index contributed by atoms with van der Waals surface area (Å²) in [5, 5.41) is 32.6. The molecular formula is C21H38KN2O6+. The van der Waals surface area contributed by atoms with Gasteiger partial charge in [0.1, 0.15) is 6.54 Å². The van der Waals surface area contributed by atoms with Gasteiger partial charge in [-0.3, -0.25) is 9.59 Å². The van der Waals surface area contributed by atoms with E-state index < -0.39 is 23.8 Å². The van der Waals surface area contributed by atoms with E-state index in [-0.39, 0.29) is 63.9 Å². The number of rotatable bonds is 17. The number of hydrogen-bond acceptors (Lipinski definition) is 5. The smallest absolute Gasteiger partial charge is 0.550 e. The molecule has 0 saturated carbocycles. The number of aliphatic hydroxyl groups is 1. The average Bonchev–Trinajstić information content (AvgIpc) is 2.67. The van der Waals surface area contributed by atoms with Crippen LogP contribution in [-0.2, 0) is 14.4 Å². The Morgan fingerprint density at radius 1 is 1.07 bits per heavy atom. The normalized spacial score (nSPS) is 15.1. The van der Waals surface area contributed by atoms with Gasteiger partial charge >= 0.3 is 57.4 Å². The van der Waals surface area contributed by atoms with E-state index in [1.54, 1.807) is 13.8 Å². The van der Waals surface area contributed by atoms with Gasteiger partial charge in [0.25, 0.3) is 0 Å². The van der Waals surface area contributed by atoms with Gasteiger partial charge in [-0.15, -0.1) is 0 Å². The van der Waals surface area contributed by atoms with Crippen molar-refractivity contribution in [1.82, 2.24) is 5.32 Å². The second-order valence-corrected chi connectivity index (χ2v) is 7.83. The zero-order chi connectivity index (χ0) is 22.3. The first-order chi connectivity index (χ1) is 13.7. The first-order valence-corrected chi connectivity index (χ1v) is 10.5. The van der Waals surface area contributed by atoms with Crippen molar-refractivity contribution in [2.24, 2.45) is 11.8 Å². The third-order valence-corrected chi connectivity index (χ3v) is 5.35. The van der Waals surface area contributed by atoms with Crippen LogP contribution >= 0.6 is 0 Å². The number of carbonyl (C=O) groups excluding carboxylic acids is 2. The molecule has 0 fully saturated rings. The summed E-state index contributed by atoms with van der Waals surface area (Å²) in [6.45, 7) is 7.34. The second kappa shape index (κ2) is 18.3. The number of unbranched alkanes of at least 4 members (excludes halogenated alkanes) is 2. The van der Waals surface area contributed by atoms with E-state index in [9.17, 15) is 24.6 Å². The standard InChI is InChI=1S/C21H38N2O6.K/c1-4-5-6-7-8-19(25)22-11-14-23(15-16-24,12-9-17(2)20(26)27)13-10-18(3)21(28)29;/h7-8,17-18,24H,4-6,9-16H2,1-3H3,(H2-,22,25,26,27,28,29);/q;+1/b8-7+;. The molecule has 0 heterocycles. The van der Waals surface area contributed by atoms with E-state index in [0.717, 1.165) is 19.3 Å². The van der Waals surface area contributed by atoms with E-state index in [2.05, 4.69) is 12.2 Å². The zero-order valence-corrected chi connectivity index (χ0v) is 22.2. The van der Waals surface area contributed by atoms with Crippen molar-refractivity contribution in [2.75, 3.05) is 39.3 Å². The Labute approximate surface area is 223 Å². The molecule has 0 spiro atoms. The van der Waals surface area contributed by atoms with Gasteiger partial charge in [0.15, 0.2) is 0 Å². The molecule has 0 aliphatic carbocycles. The number of nitrogens with one attached hydrogen (secondary N) is 1. The summed E-state index contributed by atoms with van der Waals surface area (Å²) in [7, 11) is 0. The number of nitrogens with zero attached hydrogens (tertiary/aromatic N) is 1. The van der Waals surface area contributed by atoms with E-state index in [4.69, 9.17) is 5.11 Å². The van der Waals surface area contributed by atoms with Gasteiger partial charge in [-0.25, -0.2) is 0 Å². The number of carboxylic acid groups (broad SMARTS) is 2. The van der Waals surface area contributed by atoms with Crippen LogP contribution in [0, 0.1) is 11.8 Å². The molecule has 0 aromatic rings. The first-order valence-electron chi connectivity index (χ1n) is 10.5. The van der Waals surface area contributed by atoms with Gasteiger partial charge in [-0.05, 0) is 12.5 Å². The number of allylic oxidation sites excluding steroid dienone is 1. The summed E-state index contributed by atoms with van der Waals surface area (Å²) in [5.41, 5.74) is 0. The third-order valence-electron chi connectivity index (χ3n) is 5.35. The largest absolute Gasteiger partial charge is 1.00 e. The summed E-state index contributed by atoms with van der Waals surface area (Å²) >= 11 is 0. The summed E-state index contributed by atoms with van der Waals surface area (Å²) in [4.78, 5) is 34.2. The minimum absolute atomic E-state index is 0. The van der Waals surface area contributed by atoms with E-state index >= 15 is 0 Å². The Hall–Kier alpha value is -0.294. The summed E-state index contributed by atoms with van der Waals surface area (Å²) in [6.07, 6.45) is 7.05. The molecule has 3 atom stereocenters. The molecule has 168 valence electrons. The fraction of sp³-hybridized carbons (Fsp3) is 0.762. The molecule has 8 nitrogen and oxygen atoms in total. The van der Waals surface area contributed by atoms with Crippen LogP contribution < -0.4 is 61.8 Å². The first kappa shape index (κ1) is 31.9. The topological polar surface area (TPSA) is 127 Å². The maximum Gasteiger partial charge on any atom is 1.00 e. The monoisotopic (exact) mass is 453 g/mol. The van der Waals surface area contributed by atoms with Crippen LogP contribution in [0.1, 0.15) is 52.9 Å². The number of carboxylic acids is 2. The molecule has 0 aliphatic heterocycles. The molecule has 1 amide bonds. The Balaban J connectivity index is 0. The number of aliphatic hydroxyl groups excluding tert-OH is 1. The third kappa shape index (κ3) is 14.7. The van der Waals surface area contributed by atoms with Gasteiger partial charge in [0.05, 0.1) is 38.7 Å². The predicted molar refractivity (Wildman–Crippen MR) is 109 cm³/mol. The van der Waals surface area contributed by atoms with Crippen molar-refractivity contribution >= 4 is 17.8 Å². The second-order valence-electron chi connectivity index (χ2n) is 7.83. The Morgan fingerprint density at radius 3 is 2.17 bits per heavy atom. The Kier molecular flexibility index (Phi) is 19.4. The molecule has 9 heteroatoms. The molecule has 0 aliphatic rings. The summed E-state index contributed by atoms with van der Waals surface area (Å²) < 4.78 is 0.353. The van der Waals surface area contributed by atoms with Gasteiger partial charge in [-0.2, -0.15) is 0 Å². The van der Waals surface area contributed by atoms with Crippen LogP contribution in [0.5, 0.6) is 0 Å². The van der Waals surface area contributed by atoms with Crippen LogP contribution in [-0.4, -0.2) is 71.9 Å². The molecule has 3 N–H and O–H groups in total. The van der Waals surface area contributed by atoms with E-state index in [0.29, 0.717) is 50.0 Å². The van der Waals surface area contributed by atoms with Gasteiger partial charge in [-0.1, -0.05) is 39.7 Å². The van der Waals surface area contributed by atoms with Crippen LogP contribution in [0.3, 0.4) is 0 Å². The summed E-state index contributed by atoms with van der Waals surface area (Å²) in [5.74, 6) is -3.39. The van der Waals surface area contributed by atoms with Crippen molar-refractivity contribution in [3.05, 3.63) is 12.2 Å². The zero-order valence-electron chi connectivity index (χ0n) is 19.1. The van der Waals surface area contributed by atoms with Gasteiger partial charge in [0.2, 0.25) is 5.91 Å². The van der Waals surface area contributed by atoms with Crippen molar-refractivity contribution in [3.63, 3.8) is 0 Å². The molecule has 0 aromatic heterocycles. The quantitative estimate of drug-likeness (QED) is 0.0971. The van der Waals surface area contributed by atoms with Crippen molar-refractivity contribution in [3.8, 4) is 0 Å². The fourth-order valence-electron chi connectivity index (χ4n) is 3.05. The molecule has 0 rings (SSSR count). The fourth-order valence-corrected chi connectivity index (χ4v) is 3.05. The molecule has 3 unspecified atom stereocenters. The number of amides is 1. The maximum absolute atomic E-state index is 11.9. The minimum Gasteiger partial charge on any atom is -0.550 e. The molecule has 0 saturated heterocycles. The molecule has 30 heavy (non-hydrogen) atoms. The number of quaternary nitrogens is 1. The van der Waals surface area contributed by atoms with Crippen LogP contribution in [0.25, 0.3) is 0 Å². The number of carbonyl (C=O) groups is 3. The van der Waals surface area contributed by atoms with Crippen LogP contribution in [0.15, 0.2) is 12.2 Å². The minimum atomic E-state index is -1.13. The predicted octanol–water partition coefficient (Wildman–Crippen LogP) is -2.45. The van der Waals surface area contributed by atoms with Crippen molar-refractivity contribution < 1.29 is 85.6 Å². The van der Waals surface area contributed by atoms with Crippen molar-refractivity contribution in [1.29, 1.82) is 0 Å². The van der Waals surface area contributed by atoms with E-state index in [1.165, 1.54) is 6.08 Å². The maximum atomic E-state index is 11.9. The molecule has 0 bridgehead atoms. The number of aliphatic carboxylic acids is 2. The average molecular weight is 454 g/mol. The van der Waals surface area contributed by atoms with E-state index in [1.807, 2.05) is 6.08 Å². The van der Waals surface area contributed by atoms with Crippen molar-refractivity contribution in [2.45, 2.75) is 52.9 Å².